The highest BCUT2D eigenvalue weighted by atomic mass is 32.2. The molecule has 0 spiro atoms. The Morgan fingerprint density at radius 2 is 0.667 bits per heavy atom. The lowest BCUT2D eigenvalue weighted by atomic mass is 10.5. The second kappa shape index (κ2) is 6.08. The first-order chi connectivity index (χ1) is 11.6. The first kappa shape index (κ1) is 15.4. The van der Waals surface area contributed by atoms with Crippen LogP contribution in [0.2, 0.25) is 0 Å². The van der Waals surface area contributed by atoms with E-state index in [2.05, 4.69) is 15.0 Å². The van der Waals surface area contributed by atoms with Crippen LogP contribution in [-0.2, 0) is 32.4 Å². The zero-order valence-electron chi connectivity index (χ0n) is 12.0. The summed E-state index contributed by atoms with van der Waals surface area (Å²) in [5.41, 5.74) is 0. The lowest BCUT2D eigenvalue weighted by Gasteiger charge is -2.09. The molecular formula is C15H9N3O3S3. The van der Waals surface area contributed by atoms with Crippen LogP contribution in [0, 0.1) is 0 Å². The molecule has 0 saturated carbocycles. The van der Waals surface area contributed by atoms with E-state index in [-0.39, 0.29) is 30.2 Å². The summed E-state index contributed by atoms with van der Waals surface area (Å²) in [6.07, 6.45) is 0. The van der Waals surface area contributed by atoms with Crippen LogP contribution in [0.15, 0.2) is 84.8 Å². The summed E-state index contributed by atoms with van der Waals surface area (Å²) in [5, 5.41) is 1.46. The maximum Gasteiger partial charge on any atom is 0.135 e. The molecule has 0 fully saturated rings. The van der Waals surface area contributed by atoms with Crippen LogP contribution < -0.4 is 0 Å². The molecule has 0 atom stereocenters. The standard InChI is InChI=1S/C15H9N3O3S3/c19-22-10-4-1-5-11(16-10)23(20)13-7-3-9-15(18-13)24(21)14-8-2-6-12(22)17-14/h1-9H. The van der Waals surface area contributed by atoms with Crippen molar-refractivity contribution >= 4 is 32.4 Å². The molecule has 0 radical (unpaired) electrons. The number of hydrogen-bond acceptors (Lipinski definition) is 6. The van der Waals surface area contributed by atoms with Crippen LogP contribution in [0.4, 0.5) is 0 Å². The molecule has 1 aliphatic heterocycles. The van der Waals surface area contributed by atoms with Gasteiger partial charge in [-0.2, -0.15) is 0 Å². The zero-order valence-corrected chi connectivity index (χ0v) is 14.4. The lowest BCUT2D eigenvalue weighted by Crippen LogP contribution is -2.08. The molecule has 0 saturated heterocycles. The monoisotopic (exact) mass is 375 g/mol. The van der Waals surface area contributed by atoms with E-state index in [9.17, 15) is 12.6 Å². The van der Waals surface area contributed by atoms with E-state index in [0.717, 1.165) is 0 Å². The molecule has 0 aromatic carbocycles. The maximum absolute atomic E-state index is 12.7. The molecule has 0 aliphatic carbocycles. The molecule has 9 heteroatoms. The Hall–Kier alpha value is -2.10. The normalized spacial score (nSPS) is 22.2. The van der Waals surface area contributed by atoms with Gasteiger partial charge in [-0.05, 0) is 36.4 Å². The topological polar surface area (TPSA) is 89.9 Å². The van der Waals surface area contributed by atoms with E-state index in [1.165, 1.54) is 0 Å². The van der Waals surface area contributed by atoms with Crippen LogP contribution in [0.3, 0.4) is 0 Å². The summed E-state index contributed by atoms with van der Waals surface area (Å²) >= 11 is 0. The third-order valence-electron chi connectivity index (χ3n) is 3.23. The highest BCUT2D eigenvalue weighted by Gasteiger charge is 2.20. The quantitative estimate of drug-likeness (QED) is 0.465. The van der Waals surface area contributed by atoms with Gasteiger partial charge < -0.3 is 0 Å². The molecule has 24 heavy (non-hydrogen) atoms. The Balaban J connectivity index is 2.03. The highest BCUT2D eigenvalue weighted by Crippen LogP contribution is 2.22. The van der Waals surface area contributed by atoms with E-state index < -0.39 is 32.4 Å². The summed E-state index contributed by atoms with van der Waals surface area (Å²) in [5.74, 6) is 0. The van der Waals surface area contributed by atoms with Crippen molar-refractivity contribution in [3.63, 3.8) is 0 Å². The lowest BCUT2D eigenvalue weighted by molar-refractivity contribution is 0.664. The van der Waals surface area contributed by atoms with Crippen LogP contribution >= 0.6 is 0 Å². The summed E-state index contributed by atoms with van der Waals surface area (Å²) < 4.78 is 38.0. The van der Waals surface area contributed by atoms with Gasteiger partial charge in [0.25, 0.3) is 0 Å². The average molecular weight is 375 g/mol. The maximum atomic E-state index is 12.7. The molecule has 120 valence electrons. The number of nitrogens with zero attached hydrogens (tertiary/aromatic N) is 3. The van der Waals surface area contributed by atoms with E-state index in [1.807, 2.05) is 0 Å². The van der Waals surface area contributed by atoms with Gasteiger partial charge in [0.05, 0.1) is 0 Å². The van der Waals surface area contributed by atoms with Crippen molar-refractivity contribution in [3.05, 3.63) is 54.6 Å². The van der Waals surface area contributed by atoms with Crippen molar-refractivity contribution in [3.8, 4) is 0 Å². The molecule has 0 N–H and O–H groups in total. The largest absolute Gasteiger partial charge is 0.246 e. The molecule has 6 nitrogen and oxygen atoms in total. The third kappa shape index (κ3) is 2.64. The number of pyridine rings is 3. The second-order valence-corrected chi connectivity index (χ2v) is 8.87. The van der Waals surface area contributed by atoms with Crippen LogP contribution in [0.25, 0.3) is 0 Å². The molecule has 0 amide bonds. The Bertz CT molecular complexity index is 843. The SMILES string of the molecule is O=S1c2cccc(n2)S(=O)c2cccc(n2)S(=O)c2cccc1n2. The first-order valence-electron chi connectivity index (χ1n) is 6.80. The number of fused-ring (bicyclic) bond motifs is 6. The van der Waals surface area contributed by atoms with Gasteiger partial charge in [0.2, 0.25) is 0 Å². The van der Waals surface area contributed by atoms with Gasteiger partial charge in [-0.1, -0.05) is 18.2 Å². The van der Waals surface area contributed by atoms with Gasteiger partial charge in [0.15, 0.2) is 0 Å². The second-order valence-electron chi connectivity index (χ2n) is 4.75. The van der Waals surface area contributed by atoms with E-state index in [0.29, 0.717) is 0 Å². The number of aromatic nitrogens is 3. The molecule has 3 aromatic heterocycles. The van der Waals surface area contributed by atoms with Gasteiger partial charge in [-0.15, -0.1) is 0 Å². The van der Waals surface area contributed by atoms with Gasteiger partial charge in [0.1, 0.15) is 62.6 Å². The summed E-state index contributed by atoms with van der Waals surface area (Å²) in [6.45, 7) is 0. The molecular weight excluding hydrogens is 366 g/mol. The molecule has 1 aliphatic rings. The average Bonchev–Trinajstić information content (AvgIpc) is 2.66. The molecule has 4 heterocycles. The molecule has 3 aromatic rings. The van der Waals surface area contributed by atoms with E-state index in [1.54, 1.807) is 54.6 Å². The minimum absolute atomic E-state index is 0.244. The van der Waals surface area contributed by atoms with Gasteiger partial charge in [-0.25, -0.2) is 27.6 Å². The fourth-order valence-corrected chi connectivity index (χ4v) is 5.25. The third-order valence-corrected chi connectivity index (χ3v) is 6.88. The first-order valence-corrected chi connectivity index (χ1v) is 10.2. The molecule has 6 bridgehead atoms. The summed E-state index contributed by atoms with van der Waals surface area (Å²) in [4.78, 5) is 12.7. The van der Waals surface area contributed by atoms with Gasteiger partial charge >= 0.3 is 0 Å². The zero-order chi connectivity index (χ0) is 16.7. The Morgan fingerprint density at radius 1 is 0.458 bits per heavy atom. The number of hydrogen-bond donors (Lipinski definition) is 0. The van der Waals surface area contributed by atoms with E-state index in [4.69, 9.17) is 0 Å². The summed E-state index contributed by atoms with van der Waals surface area (Å²) in [7, 11) is -4.96. The number of rotatable bonds is 0. The minimum atomic E-state index is -1.65. The molecule has 0 unspecified atom stereocenters. The smallest absolute Gasteiger partial charge is 0.135 e. The van der Waals surface area contributed by atoms with Gasteiger partial charge in [-0.3, -0.25) is 0 Å². The van der Waals surface area contributed by atoms with Crippen molar-refractivity contribution in [2.24, 2.45) is 0 Å². The van der Waals surface area contributed by atoms with Crippen LogP contribution in [0.5, 0.6) is 0 Å². The van der Waals surface area contributed by atoms with Crippen LogP contribution in [0.1, 0.15) is 0 Å². The Labute approximate surface area is 144 Å². The Morgan fingerprint density at radius 3 is 0.875 bits per heavy atom. The minimum Gasteiger partial charge on any atom is -0.246 e. The van der Waals surface area contributed by atoms with Crippen molar-refractivity contribution < 1.29 is 12.6 Å². The predicted molar refractivity (Wildman–Crippen MR) is 86.7 cm³/mol. The fourth-order valence-electron chi connectivity index (χ4n) is 2.13. The van der Waals surface area contributed by atoms with Crippen molar-refractivity contribution in [1.29, 1.82) is 0 Å². The molecule has 4 rings (SSSR count). The summed E-state index contributed by atoms with van der Waals surface area (Å²) in [6, 6.07) is 14.4. The Kier molecular flexibility index (Phi) is 3.91. The van der Waals surface area contributed by atoms with Crippen LogP contribution in [-0.4, -0.2) is 27.6 Å². The van der Waals surface area contributed by atoms with Crippen molar-refractivity contribution in [2.75, 3.05) is 0 Å². The predicted octanol–water partition coefficient (Wildman–Crippen LogP) is 1.69. The fraction of sp³-hybridized carbons (Fsp3) is 0. The highest BCUT2D eigenvalue weighted by molar-refractivity contribution is 7.86. The van der Waals surface area contributed by atoms with Crippen molar-refractivity contribution in [2.45, 2.75) is 30.2 Å². The van der Waals surface area contributed by atoms with E-state index >= 15 is 0 Å². The van der Waals surface area contributed by atoms with Crippen molar-refractivity contribution in [1.82, 2.24) is 15.0 Å². The van der Waals surface area contributed by atoms with Gasteiger partial charge in [0, 0.05) is 0 Å².